The summed E-state index contributed by atoms with van der Waals surface area (Å²) in [6.07, 6.45) is 4.00. The van der Waals surface area contributed by atoms with Crippen LogP contribution < -0.4 is 0 Å². The van der Waals surface area contributed by atoms with Crippen LogP contribution in [0.15, 0.2) is 11.6 Å². The molecule has 82 valence electrons. The number of carboxylic acid groups (broad SMARTS) is 1. The minimum absolute atomic E-state index is 0.222. The number of carbonyl (C=O) groups is 1. The molecule has 0 saturated heterocycles. The number of aliphatic carboxylic acids is 1. The van der Waals surface area contributed by atoms with E-state index in [9.17, 15) is 4.79 Å². The molecule has 1 unspecified atom stereocenters. The van der Waals surface area contributed by atoms with Gasteiger partial charge in [0.2, 0.25) is 0 Å². The van der Waals surface area contributed by atoms with Gasteiger partial charge >= 0.3 is 5.97 Å². The van der Waals surface area contributed by atoms with E-state index >= 15 is 0 Å². The van der Waals surface area contributed by atoms with Crippen LogP contribution in [0.5, 0.6) is 0 Å². The minimum Gasteiger partial charge on any atom is -0.481 e. The molecule has 1 aliphatic rings. The Morgan fingerprint density at radius 3 is 1.93 bits per heavy atom. The lowest BCUT2D eigenvalue weighted by Gasteiger charge is -1.96. The van der Waals surface area contributed by atoms with Crippen LogP contribution in [0.1, 0.15) is 47.5 Å². The number of carboxylic acids is 1. The Morgan fingerprint density at radius 2 is 1.86 bits per heavy atom. The Morgan fingerprint density at radius 1 is 1.50 bits per heavy atom. The number of allylic oxidation sites excluding steroid dienone is 2. The van der Waals surface area contributed by atoms with E-state index in [1.165, 1.54) is 12.0 Å². The summed E-state index contributed by atoms with van der Waals surface area (Å²) in [5.74, 6) is 0.132. The predicted molar refractivity (Wildman–Crippen MR) is 59.2 cm³/mol. The van der Waals surface area contributed by atoms with E-state index < -0.39 is 5.97 Å². The largest absolute Gasteiger partial charge is 0.481 e. The van der Waals surface area contributed by atoms with Crippen LogP contribution in [0, 0.1) is 11.3 Å². The van der Waals surface area contributed by atoms with E-state index in [0.717, 1.165) is 5.92 Å². The summed E-state index contributed by atoms with van der Waals surface area (Å²) in [4.78, 5) is 9.37. The van der Waals surface area contributed by atoms with Crippen molar-refractivity contribution in [1.82, 2.24) is 0 Å². The highest BCUT2D eigenvalue weighted by Crippen LogP contribution is 2.52. The van der Waals surface area contributed by atoms with Crippen LogP contribution >= 0.6 is 0 Å². The van der Waals surface area contributed by atoms with Crippen molar-refractivity contribution < 1.29 is 9.90 Å². The summed E-state index contributed by atoms with van der Waals surface area (Å²) in [7, 11) is 0. The Hall–Kier alpha value is -0.790. The number of hydrogen-bond donors (Lipinski definition) is 1. The van der Waals surface area contributed by atoms with Gasteiger partial charge in [0.05, 0.1) is 0 Å². The van der Waals surface area contributed by atoms with Crippen molar-refractivity contribution in [2.24, 2.45) is 11.3 Å². The topological polar surface area (TPSA) is 37.3 Å². The zero-order valence-electron chi connectivity index (χ0n) is 9.92. The van der Waals surface area contributed by atoms with Crippen molar-refractivity contribution >= 4 is 5.97 Å². The lowest BCUT2D eigenvalue weighted by Crippen LogP contribution is -1.86. The van der Waals surface area contributed by atoms with Gasteiger partial charge in [0, 0.05) is 6.42 Å². The molecule has 0 aromatic rings. The second-order valence-corrected chi connectivity index (χ2v) is 4.79. The molecule has 0 spiro atoms. The summed E-state index contributed by atoms with van der Waals surface area (Å²) in [5, 5.41) is 7.72. The molecule has 1 N–H and O–H groups in total. The van der Waals surface area contributed by atoms with Crippen LogP contribution in [-0.4, -0.2) is 11.1 Å². The maximum absolute atomic E-state index is 9.37. The molecule has 1 rings (SSSR count). The molecule has 1 atom stereocenters. The maximum atomic E-state index is 9.37. The molecule has 0 aliphatic heterocycles. The van der Waals surface area contributed by atoms with Crippen LogP contribution in [-0.2, 0) is 4.79 Å². The van der Waals surface area contributed by atoms with Gasteiger partial charge < -0.3 is 5.11 Å². The average molecular weight is 198 g/mol. The lowest BCUT2D eigenvalue weighted by atomic mass is 10.1. The fraction of sp³-hybridized carbons (Fsp3) is 0.750. The maximum Gasteiger partial charge on any atom is 0.303 e. The Kier molecular flexibility index (Phi) is 4.89. The highest BCUT2D eigenvalue weighted by molar-refractivity contribution is 5.66. The van der Waals surface area contributed by atoms with Crippen molar-refractivity contribution in [1.29, 1.82) is 0 Å². The fourth-order valence-electron chi connectivity index (χ4n) is 1.19. The normalized spacial score (nSPS) is 21.6. The molecule has 0 aromatic carbocycles. The van der Waals surface area contributed by atoms with Gasteiger partial charge in [-0.05, 0) is 31.6 Å². The molecule has 0 bridgehead atoms. The van der Waals surface area contributed by atoms with Crippen molar-refractivity contribution in [3.05, 3.63) is 11.6 Å². The highest BCUT2D eigenvalue weighted by atomic mass is 16.4. The summed E-state index contributed by atoms with van der Waals surface area (Å²) in [5.41, 5.74) is 2.09. The molecular formula is C12H22O2. The van der Waals surface area contributed by atoms with Gasteiger partial charge in [0.1, 0.15) is 0 Å². The summed E-state index contributed by atoms with van der Waals surface area (Å²) < 4.78 is 0. The Labute approximate surface area is 87.0 Å². The monoisotopic (exact) mass is 198 g/mol. The van der Waals surface area contributed by atoms with E-state index in [4.69, 9.17) is 5.11 Å². The molecule has 0 radical (unpaired) electrons. The van der Waals surface area contributed by atoms with Gasteiger partial charge in [-0.2, -0.15) is 0 Å². The average Bonchev–Trinajstić information content (AvgIpc) is 2.58. The van der Waals surface area contributed by atoms with E-state index in [-0.39, 0.29) is 6.42 Å². The molecule has 0 amide bonds. The second kappa shape index (κ2) is 5.18. The molecule has 0 aromatic heterocycles. The van der Waals surface area contributed by atoms with Gasteiger partial charge in [0.25, 0.3) is 0 Å². The zero-order valence-corrected chi connectivity index (χ0v) is 9.92. The summed E-state index contributed by atoms with van der Waals surface area (Å²) >= 11 is 0. The number of rotatable bonds is 2. The van der Waals surface area contributed by atoms with Gasteiger partial charge in [-0.3, -0.25) is 4.79 Å². The van der Waals surface area contributed by atoms with Gasteiger partial charge in [-0.15, -0.1) is 0 Å². The second-order valence-electron chi connectivity index (χ2n) is 4.79. The summed E-state index contributed by atoms with van der Waals surface area (Å²) in [6, 6.07) is 0. The standard InChI is InChI=1S/C9H16.C3H6O2/c1-7(2)5-8-6-9(8,3)4;1-2-3(4)5/h5,8H,6H2,1-4H3;2H2,1H3,(H,4,5). The first kappa shape index (κ1) is 13.2. The van der Waals surface area contributed by atoms with Gasteiger partial charge in [-0.25, -0.2) is 0 Å². The molecule has 2 nitrogen and oxygen atoms in total. The zero-order chi connectivity index (χ0) is 11.4. The number of hydrogen-bond acceptors (Lipinski definition) is 1. The lowest BCUT2D eigenvalue weighted by molar-refractivity contribution is -0.136. The van der Waals surface area contributed by atoms with Crippen molar-refractivity contribution in [2.45, 2.75) is 47.5 Å². The van der Waals surface area contributed by atoms with Crippen molar-refractivity contribution in [3.63, 3.8) is 0 Å². The van der Waals surface area contributed by atoms with E-state index in [2.05, 4.69) is 33.8 Å². The van der Waals surface area contributed by atoms with Gasteiger partial charge in [0.15, 0.2) is 0 Å². The van der Waals surface area contributed by atoms with E-state index in [1.54, 1.807) is 6.92 Å². The molecule has 0 heterocycles. The first-order chi connectivity index (χ1) is 6.29. The molecule has 14 heavy (non-hydrogen) atoms. The van der Waals surface area contributed by atoms with Crippen LogP contribution in [0.3, 0.4) is 0 Å². The van der Waals surface area contributed by atoms with E-state index in [1.807, 2.05) is 0 Å². The van der Waals surface area contributed by atoms with E-state index in [0.29, 0.717) is 5.41 Å². The quantitative estimate of drug-likeness (QED) is 0.690. The third kappa shape index (κ3) is 5.79. The minimum atomic E-state index is -0.745. The highest BCUT2D eigenvalue weighted by Gasteiger charge is 2.43. The fourth-order valence-corrected chi connectivity index (χ4v) is 1.19. The third-order valence-electron chi connectivity index (χ3n) is 2.43. The molecule has 1 fully saturated rings. The SMILES string of the molecule is CC(C)=CC1CC1(C)C.CCC(=O)O. The van der Waals surface area contributed by atoms with Gasteiger partial charge in [-0.1, -0.05) is 32.4 Å². The van der Waals surface area contributed by atoms with Crippen molar-refractivity contribution in [3.8, 4) is 0 Å². The van der Waals surface area contributed by atoms with Crippen LogP contribution in [0.2, 0.25) is 0 Å². The first-order valence-electron chi connectivity index (χ1n) is 5.16. The van der Waals surface area contributed by atoms with Crippen LogP contribution in [0.25, 0.3) is 0 Å². The molecule has 1 aliphatic carbocycles. The summed E-state index contributed by atoms with van der Waals surface area (Å²) in [6.45, 7) is 10.6. The predicted octanol–water partition coefficient (Wildman–Crippen LogP) is 3.48. The first-order valence-corrected chi connectivity index (χ1v) is 5.16. The van der Waals surface area contributed by atoms with Crippen molar-refractivity contribution in [2.75, 3.05) is 0 Å². The molecular weight excluding hydrogens is 176 g/mol. The van der Waals surface area contributed by atoms with Crippen LogP contribution in [0.4, 0.5) is 0 Å². The smallest absolute Gasteiger partial charge is 0.303 e. The Balaban J connectivity index is 0.000000292. The molecule has 1 saturated carbocycles. The Bertz CT molecular complexity index is 222. The molecule has 2 heteroatoms. The third-order valence-corrected chi connectivity index (χ3v) is 2.43.